The number of H-pyrrole nitrogens is 1. The Morgan fingerprint density at radius 3 is 2.48 bits per heavy atom. The lowest BCUT2D eigenvalue weighted by atomic mass is 9.59. The van der Waals surface area contributed by atoms with Gasteiger partial charge in [0.15, 0.2) is 17.2 Å². The highest BCUT2D eigenvalue weighted by Gasteiger charge is 2.50. The number of nitro benzene ring substituents is 1. The van der Waals surface area contributed by atoms with Gasteiger partial charge < -0.3 is 34.5 Å². The fourth-order valence-electron chi connectivity index (χ4n) is 12.0. The summed E-state index contributed by atoms with van der Waals surface area (Å²) in [6.07, 6.45) is 11.6. The molecule has 71 heavy (non-hydrogen) atoms. The number of aromatic amines is 1. The zero-order valence-electron chi connectivity index (χ0n) is 41.4. The molecule has 10 rings (SSSR count). The lowest BCUT2D eigenvalue weighted by Crippen LogP contribution is -2.54. The number of nitro groups is 1. The van der Waals surface area contributed by atoms with E-state index in [2.05, 4.69) is 81.8 Å². The molecule has 2 saturated carbocycles. The lowest BCUT2D eigenvalue weighted by molar-refractivity contribution is -0.384. The van der Waals surface area contributed by atoms with Crippen molar-refractivity contribution in [1.29, 1.82) is 0 Å². The van der Waals surface area contributed by atoms with Crippen LogP contribution in [0.15, 0.2) is 77.8 Å². The number of sulfonamides is 1. The molecule has 4 fully saturated rings. The molecular formula is C54H67N7O9S. The molecule has 0 radical (unpaired) electrons. The van der Waals surface area contributed by atoms with Crippen LogP contribution in [-0.4, -0.2) is 90.3 Å². The summed E-state index contributed by atoms with van der Waals surface area (Å²) < 4.78 is 49.0. The number of pyridine rings is 1. The number of benzene rings is 3. The van der Waals surface area contributed by atoms with Gasteiger partial charge in [-0.2, -0.15) is 4.98 Å². The Labute approximate surface area is 416 Å². The molecule has 2 saturated heterocycles. The molecule has 2 aromatic heterocycles. The molecule has 5 aromatic rings. The Balaban J connectivity index is 0.891. The summed E-state index contributed by atoms with van der Waals surface area (Å²) >= 11 is 0. The van der Waals surface area contributed by atoms with E-state index in [-0.39, 0.29) is 70.4 Å². The number of aromatic nitrogens is 2. The average molecular weight is 990 g/mol. The third kappa shape index (κ3) is 10.0. The number of carbonyl (C=O) groups is 1. The van der Waals surface area contributed by atoms with Crippen molar-refractivity contribution in [2.75, 3.05) is 43.1 Å². The fourth-order valence-corrected chi connectivity index (χ4v) is 13.0. The smallest absolute Gasteiger partial charge is 0.297 e. The number of hydrogen-bond acceptors (Lipinski definition) is 13. The number of carbonyl (C=O) groups excluding carboxylic acids is 1. The Hall–Kier alpha value is -5.91. The molecular weight excluding hydrogens is 923 g/mol. The third-order valence-electron chi connectivity index (χ3n) is 16.1. The topological polar surface area (TPSA) is 201 Å². The second-order valence-electron chi connectivity index (χ2n) is 21.9. The first-order chi connectivity index (χ1) is 33.9. The van der Waals surface area contributed by atoms with Crippen molar-refractivity contribution in [3.63, 3.8) is 0 Å². The summed E-state index contributed by atoms with van der Waals surface area (Å²) in [5, 5.41) is 26.6. The van der Waals surface area contributed by atoms with Gasteiger partial charge in [-0.1, -0.05) is 52.0 Å². The van der Waals surface area contributed by atoms with Gasteiger partial charge in [-0.05, 0) is 136 Å². The fraction of sp³-hybridized carbons (Fsp3) is 0.519. The van der Waals surface area contributed by atoms with Crippen molar-refractivity contribution < 1.29 is 37.5 Å². The molecule has 16 nitrogen and oxygen atoms in total. The van der Waals surface area contributed by atoms with Crippen LogP contribution >= 0.6 is 0 Å². The number of aliphatic hydroxyl groups is 1. The number of amides is 1. The zero-order chi connectivity index (χ0) is 49.8. The number of hydrogen-bond donors (Lipinski definition) is 4. The van der Waals surface area contributed by atoms with Gasteiger partial charge in [0, 0.05) is 60.6 Å². The summed E-state index contributed by atoms with van der Waals surface area (Å²) in [6.45, 7) is 13.5. The molecule has 3 atom stereocenters. The van der Waals surface area contributed by atoms with Gasteiger partial charge in [0.2, 0.25) is 0 Å². The highest BCUT2D eigenvalue weighted by atomic mass is 32.2. The minimum atomic E-state index is -4.71. The minimum Gasteiger partial charge on any atom is -0.489 e. The molecule has 1 spiro atoms. The van der Waals surface area contributed by atoms with Gasteiger partial charge in [-0.3, -0.25) is 19.8 Å². The number of likely N-dealkylation sites (tertiary alicyclic amines) is 1. The maximum atomic E-state index is 14.4. The molecule has 0 bridgehead atoms. The molecule has 2 aliphatic carbocycles. The molecule has 3 aromatic carbocycles. The van der Waals surface area contributed by atoms with E-state index in [1.165, 1.54) is 48.9 Å². The number of nitrogens with one attached hydrogen (secondary N) is 3. The standard InChI is InChI=1S/C54H67N7O9S/c1-33(2)40-9-6-7-10-41(40)44-11-8-22-60(44)38-29-54(30-38)19-23-59(24-20-54)37-12-13-42(46(26-37)70-48-25-36-16-21-55-50(36)57-52(48)69-31-34(3)62)51(63)58-71(66,67)39-27-45(61(64)65)49-47(28-39)68-32-43(56-49)35-14-17-53(4,5)18-15-35/h6-7,9-10,12-13,16,21,25-28,33-35,38,43-44,56,62H,8,11,14-15,17-20,22-24,29-32H2,1-5H3,(H,55,57)(H,58,63)/t34-,43-,44+/m1/s1. The first-order valence-corrected chi connectivity index (χ1v) is 26.9. The molecule has 378 valence electrons. The number of nitrogens with zero attached hydrogens (tertiary/aromatic N) is 4. The Morgan fingerprint density at radius 2 is 1.75 bits per heavy atom. The van der Waals surface area contributed by atoms with Gasteiger partial charge in [-0.25, -0.2) is 13.1 Å². The summed E-state index contributed by atoms with van der Waals surface area (Å²) in [6, 6.07) is 20.6. The van der Waals surface area contributed by atoms with Crippen molar-refractivity contribution >= 4 is 44.0 Å². The summed E-state index contributed by atoms with van der Waals surface area (Å²) in [5.74, 6) is -0.0164. The van der Waals surface area contributed by atoms with Crippen molar-refractivity contribution in [1.82, 2.24) is 19.6 Å². The van der Waals surface area contributed by atoms with E-state index < -0.39 is 37.5 Å². The number of ether oxygens (including phenoxy) is 3. The van der Waals surface area contributed by atoms with Crippen LogP contribution < -0.4 is 29.1 Å². The van der Waals surface area contributed by atoms with E-state index in [0.717, 1.165) is 69.9 Å². The van der Waals surface area contributed by atoms with Crippen LogP contribution in [0.2, 0.25) is 0 Å². The maximum Gasteiger partial charge on any atom is 0.297 e. The summed E-state index contributed by atoms with van der Waals surface area (Å²) in [4.78, 5) is 38.4. The highest BCUT2D eigenvalue weighted by Crippen LogP contribution is 2.55. The maximum absolute atomic E-state index is 14.4. The molecule has 5 heterocycles. The second-order valence-corrected chi connectivity index (χ2v) is 23.6. The van der Waals surface area contributed by atoms with Gasteiger partial charge in [0.05, 0.1) is 27.5 Å². The number of fused-ring (bicyclic) bond motifs is 2. The first-order valence-electron chi connectivity index (χ1n) is 25.4. The van der Waals surface area contributed by atoms with Crippen molar-refractivity contribution in [2.24, 2.45) is 16.7 Å². The molecule has 4 N–H and O–H groups in total. The van der Waals surface area contributed by atoms with Gasteiger partial charge >= 0.3 is 0 Å². The largest absolute Gasteiger partial charge is 0.489 e. The van der Waals surface area contributed by atoms with Gasteiger partial charge in [0.1, 0.15) is 24.6 Å². The number of anilines is 2. The van der Waals surface area contributed by atoms with Crippen LogP contribution in [0.3, 0.4) is 0 Å². The predicted molar refractivity (Wildman–Crippen MR) is 272 cm³/mol. The third-order valence-corrected chi connectivity index (χ3v) is 17.4. The first kappa shape index (κ1) is 48.7. The molecule has 3 aliphatic heterocycles. The van der Waals surface area contributed by atoms with Crippen molar-refractivity contribution in [3.05, 3.63) is 99.7 Å². The minimum absolute atomic E-state index is 0.0264. The average Bonchev–Trinajstić information content (AvgIpc) is 4.02. The predicted octanol–water partition coefficient (Wildman–Crippen LogP) is 10.2. The van der Waals surface area contributed by atoms with Crippen LogP contribution in [0.1, 0.15) is 132 Å². The number of piperidine rings is 1. The van der Waals surface area contributed by atoms with Crippen LogP contribution in [-0.2, 0) is 10.0 Å². The monoisotopic (exact) mass is 989 g/mol. The summed E-state index contributed by atoms with van der Waals surface area (Å²) in [5.41, 5.74) is 4.29. The molecule has 5 aliphatic rings. The van der Waals surface area contributed by atoms with Crippen LogP contribution in [0.4, 0.5) is 17.1 Å². The molecule has 17 heteroatoms. The van der Waals surface area contributed by atoms with Crippen LogP contribution in [0.25, 0.3) is 11.0 Å². The SMILES string of the molecule is CC(C)c1ccccc1[C@@H]1CCCN1C1CC2(CCN(c3ccc(C(=O)NS(=O)(=O)c4cc5c(c([N+](=O)[O-])c4)N[C@@H](C4CCC(C)(C)CC4)CO5)c(Oc4cc5cc[nH]c5nc4OC[C@@H](C)O)c3)CC2)C1. The second kappa shape index (κ2) is 19.3. The highest BCUT2D eigenvalue weighted by molar-refractivity contribution is 7.90. The molecule has 1 amide bonds. The van der Waals surface area contributed by atoms with E-state index in [1.54, 1.807) is 37.4 Å². The van der Waals surface area contributed by atoms with Crippen molar-refractivity contribution in [3.8, 4) is 23.1 Å². The van der Waals surface area contributed by atoms with Gasteiger partial charge in [-0.15, -0.1) is 0 Å². The number of aliphatic hydroxyl groups excluding tert-OH is 1. The lowest BCUT2D eigenvalue weighted by Gasteiger charge is -2.56. The van der Waals surface area contributed by atoms with Gasteiger partial charge in [0.25, 0.3) is 27.5 Å². The zero-order valence-corrected chi connectivity index (χ0v) is 42.2. The molecule has 0 unspecified atom stereocenters. The quantitative estimate of drug-likeness (QED) is 0.0605. The Bertz CT molecular complexity index is 2910. The van der Waals surface area contributed by atoms with E-state index in [9.17, 15) is 28.4 Å². The summed E-state index contributed by atoms with van der Waals surface area (Å²) in [7, 11) is -4.71. The Morgan fingerprint density at radius 1 is 0.986 bits per heavy atom. The van der Waals surface area contributed by atoms with E-state index in [1.807, 2.05) is 0 Å². The number of rotatable bonds is 14. The van der Waals surface area contributed by atoms with Crippen molar-refractivity contribution in [2.45, 2.75) is 134 Å². The van der Waals surface area contributed by atoms with Crippen LogP contribution in [0.5, 0.6) is 23.1 Å². The Kier molecular flexibility index (Phi) is 13.2. The normalized spacial score (nSPS) is 21.8. The van der Waals surface area contributed by atoms with E-state index in [0.29, 0.717) is 29.0 Å². The van der Waals surface area contributed by atoms with Crippen LogP contribution in [0, 0.1) is 26.9 Å². The van der Waals surface area contributed by atoms with E-state index >= 15 is 0 Å². The van der Waals surface area contributed by atoms with E-state index in [4.69, 9.17) is 14.2 Å².